The van der Waals surface area contributed by atoms with E-state index < -0.39 is 11.5 Å². The molecule has 0 aliphatic carbocycles. The molecule has 3 N–H and O–H groups in total. The number of nitrogens with zero attached hydrogens (tertiary/aromatic N) is 3. The first-order valence-corrected chi connectivity index (χ1v) is 10.2. The lowest BCUT2D eigenvalue weighted by Crippen LogP contribution is -2.49. The van der Waals surface area contributed by atoms with Crippen molar-refractivity contribution in [3.8, 4) is 0 Å². The molecule has 0 spiro atoms. The van der Waals surface area contributed by atoms with Gasteiger partial charge in [0.1, 0.15) is 11.4 Å². The third kappa shape index (κ3) is 5.11. The monoisotopic (exact) mass is 405 g/mol. The number of ether oxygens (including phenoxy) is 1. The fourth-order valence-electron chi connectivity index (χ4n) is 3.11. The van der Waals surface area contributed by atoms with Gasteiger partial charge in [0.25, 0.3) is 5.91 Å². The van der Waals surface area contributed by atoms with Crippen molar-refractivity contribution in [2.24, 2.45) is 5.73 Å². The summed E-state index contributed by atoms with van der Waals surface area (Å²) in [6.07, 6.45) is 1.39. The molecule has 2 amide bonds. The van der Waals surface area contributed by atoms with Crippen molar-refractivity contribution < 1.29 is 14.3 Å². The SMILES string of the molecule is CC(C)(C)OC(=O)NCCN1CCN(c2nccc3cc(C(N)=O)sc23)CC1. The third-order valence-electron chi connectivity index (χ3n) is 4.43. The highest BCUT2D eigenvalue weighted by Gasteiger charge is 2.21. The molecule has 152 valence electrons. The van der Waals surface area contributed by atoms with Gasteiger partial charge in [-0.15, -0.1) is 11.3 Å². The van der Waals surface area contributed by atoms with Crippen LogP contribution in [0.3, 0.4) is 0 Å². The van der Waals surface area contributed by atoms with Gasteiger partial charge in [0.2, 0.25) is 0 Å². The van der Waals surface area contributed by atoms with Crippen LogP contribution in [0.15, 0.2) is 18.3 Å². The zero-order chi connectivity index (χ0) is 20.3. The van der Waals surface area contributed by atoms with Crippen molar-refractivity contribution in [1.29, 1.82) is 0 Å². The lowest BCUT2D eigenvalue weighted by Gasteiger charge is -2.35. The summed E-state index contributed by atoms with van der Waals surface area (Å²) in [4.78, 5) is 32.8. The number of anilines is 1. The van der Waals surface area contributed by atoms with Crippen LogP contribution in [0.2, 0.25) is 0 Å². The average molecular weight is 406 g/mol. The molecule has 1 aliphatic heterocycles. The molecule has 3 heterocycles. The summed E-state index contributed by atoms with van der Waals surface area (Å²) >= 11 is 1.39. The minimum Gasteiger partial charge on any atom is -0.444 e. The molecule has 0 aromatic carbocycles. The van der Waals surface area contributed by atoms with Gasteiger partial charge in [-0.3, -0.25) is 9.69 Å². The predicted molar refractivity (Wildman–Crippen MR) is 111 cm³/mol. The molecule has 9 heteroatoms. The number of nitrogens with one attached hydrogen (secondary N) is 1. The van der Waals surface area contributed by atoms with Crippen molar-refractivity contribution in [3.05, 3.63) is 23.2 Å². The highest BCUT2D eigenvalue weighted by molar-refractivity contribution is 7.21. The maximum absolute atomic E-state index is 11.7. The zero-order valence-electron chi connectivity index (χ0n) is 16.5. The van der Waals surface area contributed by atoms with Crippen molar-refractivity contribution >= 4 is 39.2 Å². The lowest BCUT2D eigenvalue weighted by atomic mass is 10.2. The number of carbonyl (C=O) groups excluding carboxylic acids is 2. The van der Waals surface area contributed by atoms with Gasteiger partial charge in [0, 0.05) is 45.5 Å². The van der Waals surface area contributed by atoms with E-state index in [0.717, 1.165) is 48.6 Å². The van der Waals surface area contributed by atoms with Crippen LogP contribution in [0, 0.1) is 0 Å². The van der Waals surface area contributed by atoms with E-state index in [1.54, 1.807) is 6.20 Å². The number of alkyl carbamates (subject to hydrolysis) is 1. The largest absolute Gasteiger partial charge is 0.444 e. The number of nitrogens with two attached hydrogens (primary N) is 1. The molecule has 0 bridgehead atoms. The summed E-state index contributed by atoms with van der Waals surface area (Å²) in [5.74, 6) is 0.496. The van der Waals surface area contributed by atoms with E-state index in [1.165, 1.54) is 11.3 Å². The van der Waals surface area contributed by atoms with Gasteiger partial charge < -0.3 is 20.7 Å². The van der Waals surface area contributed by atoms with Gasteiger partial charge in [-0.25, -0.2) is 9.78 Å². The Hall–Kier alpha value is -2.39. The molecule has 8 nitrogen and oxygen atoms in total. The van der Waals surface area contributed by atoms with Crippen LogP contribution in [-0.2, 0) is 4.74 Å². The number of rotatable bonds is 5. The molecule has 0 radical (unpaired) electrons. The molecule has 0 unspecified atom stereocenters. The molecule has 2 aromatic heterocycles. The van der Waals surface area contributed by atoms with Gasteiger partial charge in [0.05, 0.1) is 9.58 Å². The fourth-order valence-corrected chi connectivity index (χ4v) is 4.13. The number of carbonyl (C=O) groups is 2. The van der Waals surface area contributed by atoms with E-state index in [4.69, 9.17) is 10.5 Å². The van der Waals surface area contributed by atoms with E-state index in [2.05, 4.69) is 20.1 Å². The fraction of sp³-hybridized carbons (Fsp3) is 0.526. The number of thiophene rings is 1. The molecule has 28 heavy (non-hydrogen) atoms. The smallest absolute Gasteiger partial charge is 0.407 e. The summed E-state index contributed by atoms with van der Waals surface area (Å²) in [6.45, 7) is 10.3. The first-order chi connectivity index (χ1) is 13.2. The minimum absolute atomic E-state index is 0.384. The summed E-state index contributed by atoms with van der Waals surface area (Å²) in [5.41, 5.74) is 4.93. The van der Waals surface area contributed by atoms with Crippen LogP contribution in [0.5, 0.6) is 0 Å². The van der Waals surface area contributed by atoms with Gasteiger partial charge >= 0.3 is 6.09 Å². The Bertz CT molecular complexity index is 853. The van der Waals surface area contributed by atoms with Crippen molar-refractivity contribution in [3.63, 3.8) is 0 Å². The van der Waals surface area contributed by atoms with Crippen LogP contribution >= 0.6 is 11.3 Å². The number of hydrogen-bond acceptors (Lipinski definition) is 7. The van der Waals surface area contributed by atoms with E-state index in [0.29, 0.717) is 11.4 Å². The Balaban J connectivity index is 1.52. The number of amides is 2. The van der Waals surface area contributed by atoms with Crippen LogP contribution in [-0.4, -0.2) is 66.8 Å². The molecule has 1 fully saturated rings. The minimum atomic E-state index is -0.486. The Kier molecular flexibility index (Phi) is 6.04. The maximum atomic E-state index is 11.7. The number of fused-ring (bicyclic) bond motifs is 1. The Morgan fingerprint density at radius 1 is 1.29 bits per heavy atom. The molecule has 1 saturated heterocycles. The highest BCUT2D eigenvalue weighted by atomic mass is 32.1. The summed E-state index contributed by atoms with van der Waals surface area (Å²) in [6, 6.07) is 3.73. The Morgan fingerprint density at radius 3 is 2.64 bits per heavy atom. The second-order valence-electron chi connectivity index (χ2n) is 7.79. The molecule has 0 atom stereocenters. The Morgan fingerprint density at radius 2 is 2.00 bits per heavy atom. The molecular formula is C19H27N5O3S. The van der Waals surface area contributed by atoms with Crippen molar-refractivity contribution in [2.45, 2.75) is 26.4 Å². The molecule has 2 aromatic rings. The summed E-state index contributed by atoms with van der Waals surface area (Å²) in [5, 5.41) is 3.79. The zero-order valence-corrected chi connectivity index (χ0v) is 17.3. The standard InChI is InChI=1S/C19H27N5O3S/c1-19(2,3)27-18(26)22-6-7-23-8-10-24(11-9-23)17-15-13(4-5-21-17)12-14(28-15)16(20)25/h4-5,12H,6-11H2,1-3H3,(H2,20,25)(H,22,26). The third-order valence-corrected chi connectivity index (χ3v) is 5.59. The highest BCUT2D eigenvalue weighted by Crippen LogP contribution is 2.32. The van der Waals surface area contributed by atoms with E-state index in [-0.39, 0.29) is 6.09 Å². The summed E-state index contributed by atoms with van der Waals surface area (Å²) < 4.78 is 6.24. The topological polar surface area (TPSA) is 101 Å². The van der Waals surface area contributed by atoms with E-state index in [1.807, 2.05) is 32.9 Å². The first kappa shape index (κ1) is 20.3. The number of pyridine rings is 1. The Labute approximate surface area is 168 Å². The van der Waals surface area contributed by atoms with E-state index >= 15 is 0 Å². The maximum Gasteiger partial charge on any atom is 0.407 e. The van der Waals surface area contributed by atoms with Gasteiger partial charge in [0.15, 0.2) is 0 Å². The van der Waals surface area contributed by atoms with E-state index in [9.17, 15) is 9.59 Å². The molecular weight excluding hydrogens is 378 g/mol. The second kappa shape index (κ2) is 8.32. The molecule has 0 saturated carbocycles. The normalized spacial score (nSPS) is 15.6. The van der Waals surface area contributed by atoms with Crippen LogP contribution in [0.25, 0.3) is 10.1 Å². The van der Waals surface area contributed by atoms with Crippen molar-refractivity contribution in [2.75, 3.05) is 44.2 Å². The van der Waals surface area contributed by atoms with Gasteiger partial charge in [-0.1, -0.05) is 0 Å². The van der Waals surface area contributed by atoms with Crippen LogP contribution < -0.4 is 16.0 Å². The number of primary amides is 1. The summed E-state index contributed by atoms with van der Waals surface area (Å²) in [7, 11) is 0. The predicted octanol–water partition coefficient (Wildman–Crippen LogP) is 2.04. The number of hydrogen-bond donors (Lipinski definition) is 2. The van der Waals surface area contributed by atoms with Crippen LogP contribution in [0.4, 0.5) is 10.6 Å². The van der Waals surface area contributed by atoms with Gasteiger partial charge in [-0.2, -0.15) is 0 Å². The van der Waals surface area contributed by atoms with Gasteiger partial charge in [-0.05, 0) is 38.3 Å². The van der Waals surface area contributed by atoms with Crippen LogP contribution in [0.1, 0.15) is 30.4 Å². The first-order valence-electron chi connectivity index (χ1n) is 9.35. The average Bonchev–Trinajstić information content (AvgIpc) is 3.05. The number of piperazine rings is 1. The number of aromatic nitrogens is 1. The quantitative estimate of drug-likeness (QED) is 0.790. The van der Waals surface area contributed by atoms with Crippen molar-refractivity contribution in [1.82, 2.24) is 15.2 Å². The molecule has 1 aliphatic rings. The lowest BCUT2D eigenvalue weighted by molar-refractivity contribution is 0.0521. The second-order valence-corrected chi connectivity index (χ2v) is 8.84. The molecule has 3 rings (SSSR count).